The number of carbonyl (C=O) groups is 2. The molecule has 1 saturated carbocycles. The lowest BCUT2D eigenvalue weighted by molar-refractivity contribution is -0.132. The second-order valence-electron chi connectivity index (χ2n) is 10.6. The van der Waals surface area contributed by atoms with E-state index in [1.54, 1.807) is 15.5 Å². The molecule has 200 valence electrons. The molecule has 0 unspecified atom stereocenters. The Morgan fingerprint density at radius 2 is 1.82 bits per heavy atom. The van der Waals surface area contributed by atoms with Crippen LogP contribution in [-0.2, 0) is 9.53 Å². The predicted molar refractivity (Wildman–Crippen MR) is 139 cm³/mol. The molecule has 3 aromatic rings. The number of piperidine rings is 1. The molecule has 0 bridgehead atoms. The molecule has 3 fully saturated rings. The fourth-order valence-electron chi connectivity index (χ4n) is 5.62. The number of benzene rings is 2. The molecule has 38 heavy (non-hydrogen) atoms. The highest BCUT2D eigenvalue weighted by molar-refractivity contribution is 5.87. The maximum absolute atomic E-state index is 13.8. The minimum Gasteiger partial charge on any atom is -0.369 e. The van der Waals surface area contributed by atoms with Gasteiger partial charge in [-0.3, -0.25) is 9.36 Å². The Kier molecular flexibility index (Phi) is 6.65. The molecule has 1 aromatic heterocycles. The Morgan fingerprint density at radius 3 is 2.55 bits per heavy atom. The number of carbonyl (C=O) groups excluding carboxylic acids is 2. The number of aromatic nitrogens is 2. The largest absolute Gasteiger partial charge is 0.369 e. The zero-order valence-electron chi connectivity index (χ0n) is 21.1. The van der Waals surface area contributed by atoms with Gasteiger partial charge >= 0.3 is 11.7 Å². The Balaban J connectivity index is 1.11. The number of likely N-dealkylation sites (tertiary alicyclic amines) is 1. The summed E-state index contributed by atoms with van der Waals surface area (Å²) < 4.78 is 21.6. The Morgan fingerprint density at radius 1 is 1.05 bits per heavy atom. The van der Waals surface area contributed by atoms with Gasteiger partial charge in [0, 0.05) is 25.7 Å². The van der Waals surface area contributed by atoms with Crippen molar-refractivity contribution in [3.8, 4) is 0 Å². The van der Waals surface area contributed by atoms with Gasteiger partial charge in [-0.25, -0.2) is 14.0 Å². The van der Waals surface area contributed by atoms with Crippen molar-refractivity contribution in [3.63, 3.8) is 0 Å². The number of hydrogen-bond donors (Lipinski definition) is 2. The first-order chi connectivity index (χ1) is 18.5. The topological polar surface area (TPSA) is 99.7 Å². The molecule has 1 aliphatic carbocycles. The van der Waals surface area contributed by atoms with Gasteiger partial charge in [0.25, 0.3) is 0 Å². The fourth-order valence-corrected chi connectivity index (χ4v) is 5.62. The monoisotopic (exact) mass is 521 g/mol. The van der Waals surface area contributed by atoms with Crippen molar-refractivity contribution in [3.05, 3.63) is 70.4 Å². The number of ether oxygens (including phenoxy) is 1. The van der Waals surface area contributed by atoms with Crippen LogP contribution in [0.5, 0.6) is 0 Å². The third-order valence-corrected chi connectivity index (χ3v) is 7.90. The van der Waals surface area contributed by atoms with Crippen LogP contribution in [0.4, 0.5) is 9.18 Å². The van der Waals surface area contributed by atoms with E-state index in [0.717, 1.165) is 18.4 Å². The first kappa shape index (κ1) is 24.7. The van der Waals surface area contributed by atoms with E-state index in [1.165, 1.54) is 12.1 Å². The summed E-state index contributed by atoms with van der Waals surface area (Å²) in [5.41, 5.74) is 1.86. The number of nitrogens with zero attached hydrogens (tertiary/aromatic N) is 3. The van der Waals surface area contributed by atoms with E-state index in [9.17, 15) is 18.8 Å². The number of amides is 3. The molecule has 9 nitrogen and oxygen atoms in total. The molecular formula is C28H32FN5O4. The van der Waals surface area contributed by atoms with Gasteiger partial charge in [0.15, 0.2) is 0 Å². The van der Waals surface area contributed by atoms with E-state index in [1.807, 2.05) is 35.2 Å². The van der Waals surface area contributed by atoms with E-state index >= 15 is 0 Å². The Hall–Kier alpha value is -3.66. The molecule has 3 amide bonds. The van der Waals surface area contributed by atoms with E-state index in [4.69, 9.17) is 4.74 Å². The fraction of sp³-hybridized carbons (Fsp3) is 0.464. The van der Waals surface area contributed by atoms with Crippen LogP contribution in [0.3, 0.4) is 0 Å². The first-order valence-electron chi connectivity index (χ1n) is 13.4. The number of H-pyrrole nitrogens is 1. The van der Waals surface area contributed by atoms with Crippen LogP contribution >= 0.6 is 0 Å². The summed E-state index contributed by atoms with van der Waals surface area (Å²) in [6.07, 6.45) is 3.11. The smallest absolute Gasteiger partial charge is 0.326 e. The molecule has 3 heterocycles. The zero-order valence-corrected chi connectivity index (χ0v) is 21.1. The molecule has 2 saturated heterocycles. The maximum atomic E-state index is 13.8. The van der Waals surface area contributed by atoms with Crippen molar-refractivity contribution in [1.82, 2.24) is 24.7 Å². The molecule has 2 aliphatic heterocycles. The average Bonchev–Trinajstić information content (AvgIpc) is 3.71. The standard InChI is InChI=1S/C28H32FN5O4/c29-20-8-9-22-24(14-20)34(28(37)30-22)21-10-12-32(13-11-21)27(36)31-23-17-38-25(19-4-2-1-3-5-19)16-33(26(23)35)15-18-6-7-18/h1-5,8-9,14,18,21,23,25H,6-7,10-13,15-17H2,(H,30,37)(H,31,36)/t23-,25-/m1/s1. The molecule has 10 heteroatoms. The third-order valence-electron chi connectivity index (χ3n) is 7.90. The lowest BCUT2D eigenvalue weighted by atomic mass is 10.0. The average molecular weight is 522 g/mol. The molecule has 0 radical (unpaired) electrons. The second-order valence-corrected chi connectivity index (χ2v) is 10.6. The first-order valence-corrected chi connectivity index (χ1v) is 13.4. The van der Waals surface area contributed by atoms with E-state index in [-0.39, 0.29) is 36.4 Å². The van der Waals surface area contributed by atoms with Gasteiger partial charge in [0.2, 0.25) is 5.91 Å². The van der Waals surface area contributed by atoms with Crippen LogP contribution in [0, 0.1) is 11.7 Å². The molecule has 2 atom stereocenters. The van der Waals surface area contributed by atoms with E-state index in [2.05, 4.69) is 10.3 Å². The van der Waals surface area contributed by atoms with Gasteiger partial charge in [-0.05, 0) is 55.4 Å². The van der Waals surface area contributed by atoms with Crippen LogP contribution in [0.1, 0.15) is 43.4 Å². The van der Waals surface area contributed by atoms with Gasteiger partial charge in [0.05, 0.1) is 24.2 Å². The maximum Gasteiger partial charge on any atom is 0.326 e. The lowest BCUT2D eigenvalue weighted by Gasteiger charge is -2.33. The second kappa shape index (κ2) is 10.2. The van der Waals surface area contributed by atoms with Gasteiger partial charge < -0.3 is 24.8 Å². The van der Waals surface area contributed by atoms with Crippen molar-refractivity contribution < 1.29 is 18.7 Å². The van der Waals surface area contributed by atoms with Crippen LogP contribution in [-0.4, -0.2) is 70.1 Å². The zero-order chi connectivity index (χ0) is 26.2. The van der Waals surface area contributed by atoms with Crippen molar-refractivity contribution in [2.24, 2.45) is 5.92 Å². The lowest BCUT2D eigenvalue weighted by Crippen LogP contribution is -2.54. The number of hydrogen-bond acceptors (Lipinski definition) is 4. The number of halogens is 1. The minimum absolute atomic E-state index is 0.106. The van der Waals surface area contributed by atoms with Crippen molar-refractivity contribution >= 4 is 23.0 Å². The van der Waals surface area contributed by atoms with Gasteiger partial charge in [-0.2, -0.15) is 0 Å². The minimum atomic E-state index is -0.758. The number of urea groups is 1. The normalized spacial score (nSPS) is 23.0. The van der Waals surface area contributed by atoms with Crippen molar-refractivity contribution in [2.45, 2.75) is 43.9 Å². The summed E-state index contributed by atoms with van der Waals surface area (Å²) in [4.78, 5) is 45.5. The van der Waals surface area contributed by atoms with Crippen LogP contribution in [0.25, 0.3) is 11.0 Å². The molecular weight excluding hydrogens is 489 g/mol. The summed E-state index contributed by atoms with van der Waals surface area (Å²) in [5.74, 6) is 0.0127. The highest BCUT2D eigenvalue weighted by atomic mass is 19.1. The van der Waals surface area contributed by atoms with E-state index < -0.39 is 11.9 Å². The summed E-state index contributed by atoms with van der Waals surface area (Å²) in [6.45, 7) is 2.11. The number of aromatic amines is 1. The summed E-state index contributed by atoms with van der Waals surface area (Å²) in [6, 6.07) is 12.9. The van der Waals surface area contributed by atoms with Crippen LogP contribution < -0.4 is 11.0 Å². The summed E-state index contributed by atoms with van der Waals surface area (Å²) in [5, 5.41) is 2.92. The third kappa shape index (κ3) is 5.05. The summed E-state index contributed by atoms with van der Waals surface area (Å²) in [7, 11) is 0. The highest BCUT2D eigenvalue weighted by Crippen LogP contribution is 2.32. The molecule has 2 aromatic carbocycles. The number of rotatable bonds is 5. The van der Waals surface area contributed by atoms with E-state index in [0.29, 0.717) is 56.0 Å². The summed E-state index contributed by atoms with van der Waals surface area (Å²) >= 11 is 0. The predicted octanol–water partition coefficient (Wildman–Crippen LogP) is 3.19. The molecule has 6 rings (SSSR count). The Labute approximate surface area is 219 Å². The molecule has 2 N–H and O–H groups in total. The van der Waals surface area contributed by atoms with Crippen LogP contribution in [0.2, 0.25) is 0 Å². The van der Waals surface area contributed by atoms with Crippen molar-refractivity contribution in [1.29, 1.82) is 0 Å². The number of imidazole rings is 1. The molecule has 3 aliphatic rings. The number of nitrogens with one attached hydrogen (secondary N) is 2. The van der Waals surface area contributed by atoms with Gasteiger partial charge in [-0.15, -0.1) is 0 Å². The van der Waals surface area contributed by atoms with Gasteiger partial charge in [0.1, 0.15) is 18.0 Å². The number of fused-ring (bicyclic) bond motifs is 1. The SMILES string of the molecule is O=C(N[C@@H]1CO[C@@H](c2ccccc2)CN(CC2CC2)C1=O)N1CCC(n2c(=O)[nH]c3ccc(F)cc32)CC1. The van der Waals surface area contributed by atoms with Crippen LogP contribution in [0.15, 0.2) is 53.3 Å². The Bertz CT molecular complexity index is 1380. The van der Waals surface area contributed by atoms with Crippen molar-refractivity contribution in [2.75, 3.05) is 32.8 Å². The highest BCUT2D eigenvalue weighted by Gasteiger charge is 2.37. The quantitative estimate of drug-likeness (QED) is 0.539. The molecule has 0 spiro atoms. The van der Waals surface area contributed by atoms with Gasteiger partial charge in [-0.1, -0.05) is 30.3 Å².